The molecule has 3 atom stereocenters. The number of carbonyl (C=O) groups excluding carboxylic acids is 4. The molecule has 13 nitrogen and oxygen atoms in total. The van der Waals surface area contributed by atoms with Crippen LogP contribution < -0.4 is 21.3 Å². The van der Waals surface area contributed by atoms with Crippen molar-refractivity contribution in [2.24, 2.45) is 0 Å². The Morgan fingerprint density at radius 1 is 0.811 bits per heavy atom. The van der Waals surface area contributed by atoms with Gasteiger partial charge in [-0.2, -0.15) is 0 Å². The number of amides is 4. The number of carboxylic acids is 2. The second kappa shape index (κ2) is 14.5. The monoisotopic (exact) mass is 522 g/mol. The number of rotatable bonds is 14. The van der Waals surface area contributed by atoms with E-state index >= 15 is 0 Å². The lowest BCUT2D eigenvalue weighted by atomic mass is 10.0. The van der Waals surface area contributed by atoms with Crippen LogP contribution in [0.15, 0.2) is 30.3 Å². The fourth-order valence-corrected chi connectivity index (χ4v) is 3.04. The Balaban J connectivity index is 3.09. The van der Waals surface area contributed by atoms with Crippen LogP contribution >= 0.6 is 0 Å². The Morgan fingerprint density at radius 3 is 1.89 bits per heavy atom. The molecule has 37 heavy (non-hydrogen) atoms. The molecule has 0 spiro atoms. The second-order valence-electron chi connectivity index (χ2n) is 9.20. The number of nitrogens with one attached hydrogen (secondary N) is 4. The standard InChI is InChI=1S/C24H34N4O9/c1-14(29)26-18(13-37-24(2,3)4)23(36)28-17(11-19(30)31)22(35)27-16(21(34)25-12-20(32)33)10-15-8-6-5-7-9-15/h5-9,16-18H,10-13H2,1-4H3,(H,25,34)(H,26,29)(H,27,35)(H,28,36)(H,30,31)(H,32,33)/t16-,17-,18-/m0/s1. The molecule has 204 valence electrons. The van der Waals surface area contributed by atoms with Crippen molar-refractivity contribution in [3.05, 3.63) is 35.9 Å². The predicted molar refractivity (Wildman–Crippen MR) is 130 cm³/mol. The molecule has 0 heterocycles. The van der Waals surface area contributed by atoms with Crippen LogP contribution in [0, 0.1) is 0 Å². The average Bonchev–Trinajstić information content (AvgIpc) is 2.78. The minimum atomic E-state index is -1.61. The number of carboxylic acid groups (broad SMARTS) is 2. The molecular formula is C24H34N4O9. The minimum Gasteiger partial charge on any atom is -0.481 e. The molecule has 4 amide bonds. The zero-order valence-electron chi connectivity index (χ0n) is 21.2. The minimum absolute atomic E-state index is 0.0281. The fraction of sp³-hybridized carbons (Fsp3) is 0.500. The molecule has 0 bridgehead atoms. The van der Waals surface area contributed by atoms with E-state index in [1.54, 1.807) is 51.1 Å². The molecule has 0 saturated carbocycles. The van der Waals surface area contributed by atoms with Gasteiger partial charge in [0.2, 0.25) is 23.6 Å². The van der Waals surface area contributed by atoms with E-state index in [9.17, 15) is 33.9 Å². The lowest BCUT2D eigenvalue weighted by molar-refractivity contribution is -0.142. The highest BCUT2D eigenvalue weighted by Crippen LogP contribution is 2.08. The second-order valence-corrected chi connectivity index (χ2v) is 9.20. The van der Waals surface area contributed by atoms with Crippen molar-refractivity contribution < 1.29 is 43.7 Å². The van der Waals surface area contributed by atoms with Gasteiger partial charge in [0.15, 0.2) is 0 Å². The van der Waals surface area contributed by atoms with Gasteiger partial charge in [0, 0.05) is 13.3 Å². The van der Waals surface area contributed by atoms with Crippen LogP contribution in [-0.2, 0) is 39.9 Å². The van der Waals surface area contributed by atoms with Crippen LogP contribution in [0.25, 0.3) is 0 Å². The smallest absolute Gasteiger partial charge is 0.322 e. The fourth-order valence-electron chi connectivity index (χ4n) is 3.04. The van der Waals surface area contributed by atoms with Crippen LogP contribution in [-0.4, -0.2) is 82.7 Å². The summed E-state index contributed by atoms with van der Waals surface area (Å²) in [5.74, 6) is -5.91. The molecule has 0 aromatic heterocycles. The normalized spacial score (nSPS) is 13.4. The van der Waals surface area contributed by atoms with Crippen molar-refractivity contribution >= 4 is 35.6 Å². The van der Waals surface area contributed by atoms with Crippen molar-refractivity contribution in [3.63, 3.8) is 0 Å². The van der Waals surface area contributed by atoms with E-state index in [0.29, 0.717) is 5.56 Å². The highest BCUT2D eigenvalue weighted by Gasteiger charge is 2.31. The third-order valence-corrected chi connectivity index (χ3v) is 4.72. The summed E-state index contributed by atoms with van der Waals surface area (Å²) < 4.78 is 5.55. The van der Waals surface area contributed by atoms with Gasteiger partial charge in [0.25, 0.3) is 0 Å². The van der Waals surface area contributed by atoms with Gasteiger partial charge in [-0.15, -0.1) is 0 Å². The summed E-state index contributed by atoms with van der Waals surface area (Å²) in [5.41, 5.74) is -0.00911. The Bertz CT molecular complexity index is 976. The van der Waals surface area contributed by atoms with E-state index in [4.69, 9.17) is 9.84 Å². The zero-order valence-corrected chi connectivity index (χ0v) is 21.2. The third-order valence-electron chi connectivity index (χ3n) is 4.72. The molecule has 0 saturated heterocycles. The number of hydrogen-bond acceptors (Lipinski definition) is 7. The topological polar surface area (TPSA) is 200 Å². The number of carbonyl (C=O) groups is 6. The summed E-state index contributed by atoms with van der Waals surface area (Å²) in [5, 5.41) is 27.4. The van der Waals surface area contributed by atoms with E-state index in [1.807, 2.05) is 0 Å². The number of aliphatic carboxylic acids is 2. The summed E-state index contributed by atoms with van der Waals surface area (Å²) in [4.78, 5) is 72.3. The van der Waals surface area contributed by atoms with Gasteiger partial charge >= 0.3 is 11.9 Å². The van der Waals surface area contributed by atoms with E-state index in [0.717, 1.165) is 0 Å². The summed E-state index contributed by atoms with van der Waals surface area (Å²) in [6, 6.07) is 4.44. The lowest BCUT2D eigenvalue weighted by Crippen LogP contribution is -2.58. The van der Waals surface area contributed by atoms with E-state index in [2.05, 4.69) is 21.3 Å². The first-order chi connectivity index (χ1) is 17.2. The van der Waals surface area contributed by atoms with Gasteiger partial charge in [-0.3, -0.25) is 28.8 Å². The highest BCUT2D eigenvalue weighted by atomic mass is 16.5. The predicted octanol–water partition coefficient (Wildman–Crippen LogP) is -0.806. The quantitative estimate of drug-likeness (QED) is 0.181. The molecule has 6 N–H and O–H groups in total. The molecule has 13 heteroatoms. The molecule has 0 aliphatic rings. The Morgan fingerprint density at radius 2 is 1.38 bits per heavy atom. The molecule has 0 fully saturated rings. The molecule has 1 rings (SSSR count). The Hall–Kier alpha value is -4.00. The van der Waals surface area contributed by atoms with E-state index in [-0.39, 0.29) is 13.0 Å². The zero-order chi connectivity index (χ0) is 28.2. The van der Waals surface area contributed by atoms with Crippen LogP contribution in [0.4, 0.5) is 0 Å². The first kappa shape index (κ1) is 31.0. The van der Waals surface area contributed by atoms with Gasteiger partial charge in [0.1, 0.15) is 24.7 Å². The van der Waals surface area contributed by atoms with Crippen LogP contribution in [0.3, 0.4) is 0 Å². The van der Waals surface area contributed by atoms with E-state index in [1.165, 1.54) is 6.92 Å². The van der Waals surface area contributed by atoms with Crippen molar-refractivity contribution in [2.45, 2.75) is 64.3 Å². The molecule has 0 aliphatic heterocycles. The summed E-state index contributed by atoms with van der Waals surface area (Å²) in [6.45, 7) is 5.45. The summed E-state index contributed by atoms with van der Waals surface area (Å²) in [6.07, 6.45) is -0.848. The molecular weight excluding hydrogens is 488 g/mol. The molecule has 0 unspecified atom stereocenters. The maximum absolute atomic E-state index is 13.0. The van der Waals surface area contributed by atoms with Gasteiger partial charge in [0.05, 0.1) is 18.6 Å². The average molecular weight is 523 g/mol. The van der Waals surface area contributed by atoms with Crippen molar-refractivity contribution in [3.8, 4) is 0 Å². The number of ether oxygens (including phenoxy) is 1. The maximum atomic E-state index is 13.0. The summed E-state index contributed by atoms with van der Waals surface area (Å²) in [7, 11) is 0. The first-order valence-electron chi connectivity index (χ1n) is 11.4. The van der Waals surface area contributed by atoms with Gasteiger partial charge < -0.3 is 36.2 Å². The molecule has 1 aromatic rings. The van der Waals surface area contributed by atoms with Gasteiger partial charge in [-0.1, -0.05) is 30.3 Å². The third kappa shape index (κ3) is 13.0. The van der Waals surface area contributed by atoms with Crippen molar-refractivity contribution in [1.29, 1.82) is 0 Å². The number of benzene rings is 1. The SMILES string of the molecule is CC(=O)N[C@@H](COC(C)(C)C)C(=O)N[C@@H](CC(=O)O)C(=O)N[C@@H](Cc1ccccc1)C(=O)NCC(=O)O. The van der Waals surface area contributed by atoms with Crippen LogP contribution in [0.5, 0.6) is 0 Å². The van der Waals surface area contributed by atoms with Crippen LogP contribution in [0.1, 0.15) is 39.7 Å². The molecule has 0 radical (unpaired) electrons. The molecule has 0 aliphatic carbocycles. The first-order valence-corrected chi connectivity index (χ1v) is 11.4. The molecule has 1 aromatic carbocycles. The van der Waals surface area contributed by atoms with Gasteiger partial charge in [-0.05, 0) is 26.3 Å². The Kier molecular flexibility index (Phi) is 12.2. The highest BCUT2D eigenvalue weighted by molar-refractivity contribution is 5.96. The number of hydrogen-bond donors (Lipinski definition) is 6. The van der Waals surface area contributed by atoms with Crippen LogP contribution in [0.2, 0.25) is 0 Å². The van der Waals surface area contributed by atoms with Crippen molar-refractivity contribution in [2.75, 3.05) is 13.2 Å². The maximum Gasteiger partial charge on any atom is 0.322 e. The van der Waals surface area contributed by atoms with Gasteiger partial charge in [-0.25, -0.2) is 0 Å². The Labute approximate surface area is 214 Å². The van der Waals surface area contributed by atoms with E-state index < -0.39 is 72.3 Å². The largest absolute Gasteiger partial charge is 0.481 e. The lowest BCUT2D eigenvalue weighted by Gasteiger charge is -2.26. The van der Waals surface area contributed by atoms with Crippen molar-refractivity contribution in [1.82, 2.24) is 21.3 Å². The summed E-state index contributed by atoms with van der Waals surface area (Å²) >= 11 is 0.